The number of nitrogens with zero attached hydrogens (tertiary/aromatic N) is 1. The van der Waals surface area contributed by atoms with Crippen molar-refractivity contribution in [3.05, 3.63) is 11.5 Å². The van der Waals surface area contributed by atoms with E-state index in [2.05, 4.69) is 0 Å². The third kappa shape index (κ3) is 3.77. The number of rotatable bonds is 3. The molecule has 3 heteroatoms. The van der Waals surface area contributed by atoms with Crippen molar-refractivity contribution < 1.29 is 4.39 Å². The molecule has 0 bridgehead atoms. The summed E-state index contributed by atoms with van der Waals surface area (Å²) in [4.78, 5) is 0. The van der Waals surface area contributed by atoms with Crippen molar-refractivity contribution in [2.45, 2.75) is 40.5 Å². The Morgan fingerprint density at radius 2 is 1.85 bits per heavy atom. The van der Waals surface area contributed by atoms with E-state index >= 15 is 0 Å². The molecule has 0 aromatic rings. The van der Waals surface area contributed by atoms with Crippen LogP contribution in [-0.4, -0.2) is 12.1 Å². The van der Waals surface area contributed by atoms with Crippen LogP contribution in [0.4, 0.5) is 4.39 Å². The van der Waals surface area contributed by atoms with Gasteiger partial charge in [0.25, 0.3) is 0 Å². The number of hydrogen-bond donors (Lipinski definition) is 1. The number of hydrogen-bond acceptors (Lipinski definition) is 2. The van der Waals surface area contributed by atoms with Gasteiger partial charge in [-0.05, 0) is 6.42 Å². The van der Waals surface area contributed by atoms with Crippen molar-refractivity contribution in [1.29, 1.82) is 0 Å². The summed E-state index contributed by atoms with van der Waals surface area (Å²) in [6.07, 6.45) is 1.27. The van der Waals surface area contributed by atoms with Gasteiger partial charge < -0.3 is 5.01 Å². The average Bonchev–Trinajstić information content (AvgIpc) is 1.82. The standard InChI is InChI=1S/C10H21FN2/c1-6-7-8(11)9(13(5)12)10(2,3)4/h6-7,12H2,1-5H3/b9-8+. The summed E-state index contributed by atoms with van der Waals surface area (Å²) in [6, 6.07) is 0. The van der Waals surface area contributed by atoms with Crippen LogP contribution in [0.5, 0.6) is 0 Å². The van der Waals surface area contributed by atoms with Crippen molar-refractivity contribution in [3.8, 4) is 0 Å². The molecule has 0 aromatic carbocycles. The summed E-state index contributed by atoms with van der Waals surface area (Å²) < 4.78 is 13.6. The normalized spacial score (nSPS) is 14.1. The quantitative estimate of drug-likeness (QED) is 0.545. The second-order valence-corrected chi connectivity index (χ2v) is 4.36. The molecule has 2 nitrogen and oxygen atoms in total. The molecule has 0 saturated heterocycles. The molecule has 0 saturated carbocycles. The van der Waals surface area contributed by atoms with E-state index in [1.165, 1.54) is 5.01 Å². The molecule has 0 aliphatic rings. The summed E-state index contributed by atoms with van der Waals surface area (Å²) in [5.41, 5.74) is 0.359. The minimum atomic E-state index is -0.233. The highest BCUT2D eigenvalue weighted by Crippen LogP contribution is 2.30. The Morgan fingerprint density at radius 3 is 2.08 bits per heavy atom. The first-order chi connectivity index (χ1) is 5.80. The largest absolute Gasteiger partial charge is 0.315 e. The van der Waals surface area contributed by atoms with Crippen molar-refractivity contribution >= 4 is 0 Å². The van der Waals surface area contributed by atoms with Gasteiger partial charge in [0.2, 0.25) is 0 Å². The molecule has 0 aliphatic carbocycles. The maximum absolute atomic E-state index is 13.6. The van der Waals surface area contributed by atoms with Crippen LogP contribution in [0.25, 0.3) is 0 Å². The number of hydrazine groups is 1. The second kappa shape index (κ2) is 4.61. The van der Waals surface area contributed by atoms with Gasteiger partial charge in [0, 0.05) is 18.9 Å². The molecule has 0 radical (unpaired) electrons. The van der Waals surface area contributed by atoms with Crippen molar-refractivity contribution in [1.82, 2.24) is 5.01 Å². The van der Waals surface area contributed by atoms with E-state index in [9.17, 15) is 4.39 Å². The van der Waals surface area contributed by atoms with Gasteiger partial charge in [-0.1, -0.05) is 27.7 Å². The molecule has 2 N–H and O–H groups in total. The Morgan fingerprint density at radius 1 is 1.38 bits per heavy atom. The predicted octanol–water partition coefficient (Wildman–Crippen LogP) is 2.82. The Bertz CT molecular complexity index is 190. The van der Waals surface area contributed by atoms with Gasteiger partial charge in [-0.2, -0.15) is 0 Å². The van der Waals surface area contributed by atoms with Crippen molar-refractivity contribution in [3.63, 3.8) is 0 Å². The highest BCUT2D eigenvalue weighted by molar-refractivity contribution is 5.12. The third-order valence-corrected chi connectivity index (χ3v) is 1.79. The van der Waals surface area contributed by atoms with E-state index in [0.29, 0.717) is 12.1 Å². The summed E-state index contributed by atoms with van der Waals surface area (Å²) >= 11 is 0. The van der Waals surface area contributed by atoms with E-state index in [0.717, 1.165) is 6.42 Å². The van der Waals surface area contributed by atoms with Crippen molar-refractivity contribution in [2.24, 2.45) is 11.3 Å². The molecule has 0 atom stereocenters. The lowest BCUT2D eigenvalue weighted by Crippen LogP contribution is -2.33. The fourth-order valence-electron chi connectivity index (χ4n) is 1.47. The minimum Gasteiger partial charge on any atom is -0.315 e. The summed E-state index contributed by atoms with van der Waals surface area (Å²) in [7, 11) is 1.68. The minimum absolute atomic E-state index is 0.0972. The molecule has 78 valence electrons. The first kappa shape index (κ1) is 12.4. The summed E-state index contributed by atoms with van der Waals surface area (Å²) in [6.45, 7) is 7.83. The highest BCUT2D eigenvalue weighted by atomic mass is 19.1. The lowest BCUT2D eigenvalue weighted by atomic mass is 9.90. The van der Waals surface area contributed by atoms with E-state index in [4.69, 9.17) is 5.84 Å². The van der Waals surface area contributed by atoms with Crippen molar-refractivity contribution in [2.75, 3.05) is 7.05 Å². The molecule has 0 amide bonds. The number of nitrogens with two attached hydrogens (primary N) is 1. The molecule has 13 heavy (non-hydrogen) atoms. The zero-order valence-electron chi connectivity index (χ0n) is 9.32. The van der Waals surface area contributed by atoms with Crippen LogP contribution >= 0.6 is 0 Å². The molecule has 0 rings (SSSR count). The summed E-state index contributed by atoms with van der Waals surface area (Å²) in [5, 5.41) is 1.38. The Labute approximate surface area is 80.6 Å². The molecule has 0 heterocycles. The molecular weight excluding hydrogens is 167 g/mol. The zero-order valence-corrected chi connectivity index (χ0v) is 9.32. The molecule has 0 fully saturated rings. The van der Waals surface area contributed by atoms with Gasteiger partial charge in [0.15, 0.2) is 0 Å². The van der Waals surface area contributed by atoms with Crippen LogP contribution in [0.3, 0.4) is 0 Å². The van der Waals surface area contributed by atoms with E-state index < -0.39 is 0 Å². The SMILES string of the molecule is CCC/C(F)=C(\N(C)N)C(C)(C)C. The third-order valence-electron chi connectivity index (χ3n) is 1.79. The topological polar surface area (TPSA) is 29.3 Å². The van der Waals surface area contributed by atoms with E-state index in [-0.39, 0.29) is 11.2 Å². The van der Waals surface area contributed by atoms with Gasteiger partial charge in [-0.3, -0.25) is 0 Å². The maximum atomic E-state index is 13.6. The predicted molar refractivity (Wildman–Crippen MR) is 54.4 cm³/mol. The molecule has 0 aliphatic heterocycles. The number of allylic oxidation sites excluding steroid dienone is 2. The van der Waals surface area contributed by atoms with Gasteiger partial charge >= 0.3 is 0 Å². The zero-order chi connectivity index (χ0) is 10.6. The lowest BCUT2D eigenvalue weighted by molar-refractivity contribution is 0.294. The van der Waals surface area contributed by atoms with Gasteiger partial charge in [-0.25, -0.2) is 10.2 Å². The van der Waals surface area contributed by atoms with Crippen LogP contribution in [0.1, 0.15) is 40.5 Å². The van der Waals surface area contributed by atoms with Crippen LogP contribution in [0, 0.1) is 5.41 Å². The van der Waals surface area contributed by atoms with Crippen LogP contribution in [-0.2, 0) is 0 Å². The average molecular weight is 188 g/mol. The Hall–Kier alpha value is -0.570. The first-order valence-electron chi connectivity index (χ1n) is 4.68. The molecule has 0 aromatic heterocycles. The first-order valence-corrected chi connectivity index (χ1v) is 4.68. The van der Waals surface area contributed by atoms with Gasteiger partial charge in [-0.15, -0.1) is 0 Å². The van der Waals surface area contributed by atoms with Gasteiger partial charge in [0.1, 0.15) is 5.83 Å². The number of halogens is 1. The molecular formula is C10H21FN2. The molecule has 0 spiro atoms. The fraction of sp³-hybridized carbons (Fsp3) is 0.800. The van der Waals surface area contributed by atoms with E-state index in [1.807, 2.05) is 27.7 Å². The Kier molecular flexibility index (Phi) is 4.40. The second-order valence-electron chi connectivity index (χ2n) is 4.36. The van der Waals surface area contributed by atoms with E-state index in [1.54, 1.807) is 7.05 Å². The smallest absolute Gasteiger partial charge is 0.121 e. The van der Waals surface area contributed by atoms with Gasteiger partial charge in [0.05, 0.1) is 5.70 Å². The highest BCUT2D eigenvalue weighted by Gasteiger charge is 2.23. The monoisotopic (exact) mass is 188 g/mol. The lowest BCUT2D eigenvalue weighted by Gasteiger charge is -2.29. The Balaban J connectivity index is 4.89. The van der Waals surface area contributed by atoms with Crippen LogP contribution in [0.2, 0.25) is 0 Å². The summed E-state index contributed by atoms with van der Waals surface area (Å²) in [5.74, 6) is 5.49. The fourth-order valence-corrected chi connectivity index (χ4v) is 1.47. The van der Waals surface area contributed by atoms with Crippen LogP contribution < -0.4 is 5.84 Å². The molecule has 0 unspecified atom stereocenters. The van der Waals surface area contributed by atoms with Crippen LogP contribution in [0.15, 0.2) is 11.5 Å². The maximum Gasteiger partial charge on any atom is 0.121 e.